The Morgan fingerprint density at radius 3 is 2.56 bits per heavy atom. The highest BCUT2D eigenvalue weighted by molar-refractivity contribution is 6.31. The third kappa shape index (κ3) is 4.02. The van der Waals surface area contributed by atoms with Crippen LogP contribution in [0.1, 0.15) is 50.5 Å². The molecular formula is C20H29ClN2O2. The van der Waals surface area contributed by atoms with Gasteiger partial charge >= 0.3 is 0 Å². The Morgan fingerprint density at radius 2 is 1.92 bits per heavy atom. The van der Waals surface area contributed by atoms with Crippen molar-refractivity contribution in [1.29, 1.82) is 0 Å². The highest BCUT2D eigenvalue weighted by Crippen LogP contribution is 2.39. The zero-order valence-corrected chi connectivity index (χ0v) is 15.6. The molecule has 0 spiro atoms. The molecule has 1 amide bonds. The smallest absolute Gasteiger partial charge is 0.231 e. The van der Waals surface area contributed by atoms with Gasteiger partial charge in [0.05, 0.1) is 5.41 Å². The van der Waals surface area contributed by atoms with E-state index < -0.39 is 5.41 Å². The van der Waals surface area contributed by atoms with Crippen LogP contribution in [0.5, 0.6) is 0 Å². The number of hydrogen-bond acceptors (Lipinski definition) is 3. The molecule has 2 aliphatic rings. The van der Waals surface area contributed by atoms with E-state index >= 15 is 0 Å². The van der Waals surface area contributed by atoms with Gasteiger partial charge in [-0.25, -0.2) is 0 Å². The minimum Gasteiger partial charge on any atom is -0.381 e. The number of halogens is 1. The molecule has 4 nitrogen and oxygen atoms in total. The van der Waals surface area contributed by atoms with Crippen LogP contribution in [0, 0.1) is 5.92 Å². The Hall–Kier alpha value is -1.10. The molecule has 3 rings (SSSR count). The average Bonchev–Trinajstić information content (AvgIpc) is 2.67. The summed E-state index contributed by atoms with van der Waals surface area (Å²) in [6.07, 6.45) is 7.40. The molecule has 1 aliphatic heterocycles. The van der Waals surface area contributed by atoms with Crippen molar-refractivity contribution in [3.05, 3.63) is 34.9 Å². The lowest BCUT2D eigenvalue weighted by Crippen LogP contribution is -2.54. The second-order valence-electron chi connectivity index (χ2n) is 7.39. The molecule has 1 saturated carbocycles. The molecule has 0 aromatic heterocycles. The molecule has 1 aliphatic carbocycles. The largest absolute Gasteiger partial charge is 0.381 e. The number of rotatable bonds is 5. The highest BCUT2D eigenvalue weighted by atomic mass is 35.5. The van der Waals surface area contributed by atoms with E-state index in [1.165, 1.54) is 19.3 Å². The first-order chi connectivity index (χ1) is 12.2. The number of amides is 1. The molecular weight excluding hydrogens is 336 g/mol. The minimum absolute atomic E-state index is 0.0509. The molecule has 2 fully saturated rings. The Labute approximate surface area is 155 Å². The fourth-order valence-electron chi connectivity index (χ4n) is 4.40. The lowest BCUT2D eigenvalue weighted by atomic mass is 9.72. The predicted molar refractivity (Wildman–Crippen MR) is 101 cm³/mol. The van der Waals surface area contributed by atoms with Crippen molar-refractivity contribution >= 4 is 17.5 Å². The first kappa shape index (κ1) is 18.7. The lowest BCUT2D eigenvalue weighted by molar-refractivity contribution is -0.131. The molecule has 5 heteroatoms. The zero-order chi connectivity index (χ0) is 17.7. The van der Waals surface area contributed by atoms with E-state index in [1.54, 1.807) is 0 Å². The van der Waals surface area contributed by atoms with Crippen molar-refractivity contribution < 1.29 is 9.53 Å². The molecule has 1 saturated heterocycles. The first-order valence-corrected chi connectivity index (χ1v) is 9.89. The Balaban J connectivity index is 1.83. The summed E-state index contributed by atoms with van der Waals surface area (Å²) in [7, 11) is 0. The Kier molecular flexibility index (Phi) is 6.37. The van der Waals surface area contributed by atoms with E-state index in [9.17, 15) is 4.79 Å². The molecule has 25 heavy (non-hydrogen) atoms. The van der Waals surface area contributed by atoms with E-state index in [1.807, 2.05) is 24.3 Å². The number of nitrogens with one attached hydrogen (secondary N) is 1. The van der Waals surface area contributed by atoms with E-state index in [2.05, 4.69) is 5.32 Å². The number of nitrogens with two attached hydrogens (primary N) is 1. The van der Waals surface area contributed by atoms with Crippen molar-refractivity contribution in [2.75, 3.05) is 19.8 Å². The monoisotopic (exact) mass is 364 g/mol. The van der Waals surface area contributed by atoms with Crippen molar-refractivity contribution in [3.8, 4) is 0 Å². The summed E-state index contributed by atoms with van der Waals surface area (Å²) in [6.45, 7) is 1.65. The number of hydrogen-bond donors (Lipinski definition) is 2. The zero-order valence-electron chi connectivity index (χ0n) is 14.8. The van der Waals surface area contributed by atoms with E-state index in [0.717, 1.165) is 18.4 Å². The van der Waals surface area contributed by atoms with Crippen LogP contribution in [0.2, 0.25) is 5.02 Å². The summed E-state index contributed by atoms with van der Waals surface area (Å²) in [6, 6.07) is 7.75. The van der Waals surface area contributed by atoms with Crippen molar-refractivity contribution in [2.24, 2.45) is 11.7 Å². The summed E-state index contributed by atoms with van der Waals surface area (Å²) < 4.78 is 5.54. The van der Waals surface area contributed by atoms with Gasteiger partial charge in [0.1, 0.15) is 0 Å². The quantitative estimate of drug-likeness (QED) is 0.841. The number of carbonyl (C=O) groups is 1. The molecule has 1 atom stereocenters. The van der Waals surface area contributed by atoms with E-state index in [0.29, 0.717) is 43.5 Å². The first-order valence-electron chi connectivity index (χ1n) is 9.51. The fourth-order valence-corrected chi connectivity index (χ4v) is 4.72. The van der Waals surface area contributed by atoms with Gasteiger partial charge in [0, 0.05) is 30.8 Å². The van der Waals surface area contributed by atoms with E-state index in [-0.39, 0.29) is 11.9 Å². The molecule has 1 heterocycles. The molecule has 1 aromatic rings. The van der Waals surface area contributed by atoms with Crippen LogP contribution in [-0.4, -0.2) is 31.7 Å². The maximum absolute atomic E-state index is 13.4. The van der Waals surface area contributed by atoms with Gasteiger partial charge in [-0.1, -0.05) is 49.1 Å². The number of benzene rings is 1. The van der Waals surface area contributed by atoms with Gasteiger partial charge in [-0.3, -0.25) is 4.79 Å². The van der Waals surface area contributed by atoms with Crippen LogP contribution >= 0.6 is 11.6 Å². The minimum atomic E-state index is -0.612. The normalized spacial score (nSPS) is 22.3. The third-order valence-electron chi connectivity index (χ3n) is 5.96. The fraction of sp³-hybridized carbons (Fsp3) is 0.650. The van der Waals surface area contributed by atoms with Crippen LogP contribution in [0.3, 0.4) is 0 Å². The second kappa shape index (κ2) is 8.52. The average molecular weight is 365 g/mol. The van der Waals surface area contributed by atoms with Crippen LogP contribution in [0.15, 0.2) is 24.3 Å². The topological polar surface area (TPSA) is 64.3 Å². The summed E-state index contributed by atoms with van der Waals surface area (Å²) in [5.74, 6) is 0.552. The van der Waals surface area contributed by atoms with E-state index in [4.69, 9.17) is 22.1 Å². The number of carbonyl (C=O) groups excluding carboxylic acids is 1. The van der Waals surface area contributed by atoms with Crippen molar-refractivity contribution in [1.82, 2.24) is 5.32 Å². The lowest BCUT2D eigenvalue weighted by Gasteiger charge is -2.39. The van der Waals surface area contributed by atoms with Crippen molar-refractivity contribution in [2.45, 2.75) is 56.4 Å². The third-order valence-corrected chi connectivity index (χ3v) is 6.29. The second-order valence-corrected chi connectivity index (χ2v) is 7.80. The Bertz CT molecular complexity index is 581. The van der Waals surface area contributed by atoms with Crippen LogP contribution in [0.25, 0.3) is 0 Å². The molecule has 3 N–H and O–H groups in total. The summed E-state index contributed by atoms with van der Waals surface area (Å²) in [5, 5.41) is 3.95. The maximum atomic E-state index is 13.4. The summed E-state index contributed by atoms with van der Waals surface area (Å²) in [4.78, 5) is 13.4. The van der Waals surface area contributed by atoms with Crippen LogP contribution in [0.4, 0.5) is 0 Å². The molecule has 0 radical (unpaired) electrons. The predicted octanol–water partition coefficient (Wildman–Crippen LogP) is 3.41. The Morgan fingerprint density at radius 1 is 1.24 bits per heavy atom. The molecule has 1 aromatic carbocycles. The van der Waals surface area contributed by atoms with Gasteiger partial charge < -0.3 is 15.8 Å². The SMILES string of the molecule is NCC(NC(=O)C1(c2ccccc2Cl)CCOCC1)C1CCCCC1. The molecule has 0 bridgehead atoms. The summed E-state index contributed by atoms with van der Waals surface area (Å²) >= 11 is 6.46. The molecule has 138 valence electrons. The maximum Gasteiger partial charge on any atom is 0.231 e. The molecule has 1 unspecified atom stereocenters. The van der Waals surface area contributed by atoms with Gasteiger partial charge in [-0.15, -0.1) is 0 Å². The van der Waals surface area contributed by atoms with Crippen LogP contribution in [-0.2, 0) is 14.9 Å². The van der Waals surface area contributed by atoms with Gasteiger partial charge in [-0.05, 0) is 43.2 Å². The standard InChI is InChI=1S/C20H29ClN2O2/c21-17-9-5-4-8-16(17)20(10-12-25-13-11-20)19(24)23-18(14-22)15-6-2-1-3-7-15/h4-5,8-9,15,18H,1-3,6-7,10-14,22H2,(H,23,24). The van der Waals surface area contributed by atoms with Gasteiger partial charge in [0.2, 0.25) is 5.91 Å². The number of ether oxygens (including phenoxy) is 1. The van der Waals surface area contributed by atoms with Gasteiger partial charge in [-0.2, -0.15) is 0 Å². The summed E-state index contributed by atoms with van der Waals surface area (Å²) in [5.41, 5.74) is 6.33. The van der Waals surface area contributed by atoms with Gasteiger partial charge in [0.25, 0.3) is 0 Å². The van der Waals surface area contributed by atoms with Gasteiger partial charge in [0.15, 0.2) is 0 Å². The van der Waals surface area contributed by atoms with Crippen molar-refractivity contribution in [3.63, 3.8) is 0 Å². The van der Waals surface area contributed by atoms with Crippen LogP contribution < -0.4 is 11.1 Å². The highest BCUT2D eigenvalue weighted by Gasteiger charge is 2.44.